The Morgan fingerprint density at radius 2 is 1.46 bits per heavy atom. The van der Waals surface area contributed by atoms with Crippen LogP contribution in [0.4, 0.5) is 0 Å². The summed E-state index contributed by atoms with van der Waals surface area (Å²) in [5.41, 5.74) is 2.72. The molecule has 1 fully saturated rings. The first kappa shape index (κ1) is 17.0. The zero-order chi connectivity index (χ0) is 17.4. The Balaban J connectivity index is 1.99. The second kappa shape index (κ2) is 5.93. The van der Waals surface area contributed by atoms with Gasteiger partial charge < -0.3 is 10.1 Å². The molecular weight excluding hydrogens is 294 g/mol. The Morgan fingerprint density at radius 1 is 0.875 bits per heavy atom. The van der Waals surface area contributed by atoms with Gasteiger partial charge in [0.15, 0.2) is 0 Å². The summed E-state index contributed by atoms with van der Waals surface area (Å²) in [5.74, 6) is 0.930. The molecule has 3 rings (SSSR count). The van der Waals surface area contributed by atoms with E-state index in [1.54, 1.807) is 0 Å². The molecule has 1 heterocycles. The van der Waals surface area contributed by atoms with E-state index in [2.05, 4.69) is 94.5 Å². The molecule has 128 valence electrons. The van der Waals surface area contributed by atoms with Crippen LogP contribution in [0.15, 0.2) is 54.6 Å². The van der Waals surface area contributed by atoms with E-state index in [0.717, 1.165) is 18.7 Å². The molecule has 1 aliphatic heterocycles. The van der Waals surface area contributed by atoms with Crippen molar-refractivity contribution in [2.45, 2.75) is 57.6 Å². The maximum atomic E-state index is 5.98. The van der Waals surface area contributed by atoms with Gasteiger partial charge in [0.25, 0.3) is 0 Å². The molecular formula is C22H29NO. The third-order valence-corrected chi connectivity index (χ3v) is 4.77. The van der Waals surface area contributed by atoms with Crippen LogP contribution >= 0.6 is 0 Å². The first-order valence-electron chi connectivity index (χ1n) is 8.80. The van der Waals surface area contributed by atoms with Crippen LogP contribution < -0.4 is 10.1 Å². The lowest BCUT2D eigenvalue weighted by Crippen LogP contribution is -2.31. The van der Waals surface area contributed by atoms with E-state index < -0.39 is 0 Å². The molecule has 2 aromatic rings. The largest absolute Gasteiger partial charge is 0.488 e. The number of hydrogen-bond acceptors (Lipinski definition) is 2. The summed E-state index contributed by atoms with van der Waals surface area (Å²) in [6, 6.07) is 19.6. The molecule has 1 saturated heterocycles. The van der Waals surface area contributed by atoms with E-state index in [4.69, 9.17) is 4.74 Å². The third-order valence-electron chi connectivity index (χ3n) is 4.77. The highest BCUT2D eigenvalue weighted by molar-refractivity contribution is 5.44. The van der Waals surface area contributed by atoms with Crippen molar-refractivity contribution in [1.82, 2.24) is 5.32 Å². The fourth-order valence-corrected chi connectivity index (χ4v) is 3.80. The van der Waals surface area contributed by atoms with Gasteiger partial charge in [-0.25, -0.2) is 0 Å². The van der Waals surface area contributed by atoms with Crippen molar-refractivity contribution < 1.29 is 4.74 Å². The summed E-state index contributed by atoms with van der Waals surface area (Å²) >= 11 is 0. The van der Waals surface area contributed by atoms with Crippen LogP contribution in [0.3, 0.4) is 0 Å². The van der Waals surface area contributed by atoms with Gasteiger partial charge in [0.2, 0.25) is 0 Å². The highest BCUT2D eigenvalue weighted by Crippen LogP contribution is 2.43. The molecule has 1 atom stereocenters. The van der Waals surface area contributed by atoms with Crippen LogP contribution in [0.25, 0.3) is 0 Å². The monoisotopic (exact) mass is 323 g/mol. The van der Waals surface area contributed by atoms with Crippen LogP contribution in [-0.4, -0.2) is 17.7 Å². The number of nitrogens with one attached hydrogen (secondary N) is 1. The first-order valence-corrected chi connectivity index (χ1v) is 8.80. The van der Waals surface area contributed by atoms with Crippen LogP contribution in [0.2, 0.25) is 0 Å². The Hall–Kier alpha value is -1.80. The molecule has 0 bridgehead atoms. The summed E-state index contributed by atoms with van der Waals surface area (Å²) in [6.45, 7) is 11.8. The number of ether oxygens (including phenoxy) is 1. The lowest BCUT2D eigenvalue weighted by Gasteiger charge is -2.31. The first-order chi connectivity index (χ1) is 11.2. The minimum Gasteiger partial charge on any atom is -0.488 e. The summed E-state index contributed by atoms with van der Waals surface area (Å²) in [6.07, 6.45) is 1.09. The van der Waals surface area contributed by atoms with Crippen LogP contribution in [0.5, 0.6) is 5.75 Å². The zero-order valence-corrected chi connectivity index (χ0v) is 15.5. The average Bonchev–Trinajstić information content (AvgIpc) is 2.84. The molecule has 24 heavy (non-hydrogen) atoms. The van der Waals surface area contributed by atoms with Gasteiger partial charge in [0.05, 0.1) is 0 Å². The van der Waals surface area contributed by atoms with Crippen molar-refractivity contribution in [3.63, 3.8) is 0 Å². The van der Waals surface area contributed by atoms with Gasteiger partial charge >= 0.3 is 0 Å². The van der Waals surface area contributed by atoms with Crippen molar-refractivity contribution in [3.05, 3.63) is 65.7 Å². The fraction of sp³-hybridized carbons (Fsp3) is 0.455. The minimum absolute atomic E-state index is 0.0189. The van der Waals surface area contributed by atoms with Crippen molar-refractivity contribution in [2.75, 3.05) is 6.54 Å². The normalized spacial score (nSPS) is 23.2. The summed E-state index contributed by atoms with van der Waals surface area (Å²) in [4.78, 5) is 0. The minimum atomic E-state index is -0.171. The molecule has 0 radical (unpaired) electrons. The molecule has 1 N–H and O–H groups in total. The predicted octanol–water partition coefficient (Wildman–Crippen LogP) is 4.92. The second-order valence-corrected chi connectivity index (χ2v) is 8.60. The molecule has 0 saturated carbocycles. The van der Waals surface area contributed by atoms with E-state index in [1.165, 1.54) is 11.1 Å². The molecule has 0 spiro atoms. The van der Waals surface area contributed by atoms with E-state index in [1.807, 2.05) is 0 Å². The van der Waals surface area contributed by atoms with Gasteiger partial charge in [-0.1, -0.05) is 42.5 Å². The zero-order valence-electron chi connectivity index (χ0n) is 15.5. The predicted molar refractivity (Wildman–Crippen MR) is 101 cm³/mol. The van der Waals surface area contributed by atoms with E-state index in [0.29, 0.717) is 0 Å². The third kappa shape index (κ3) is 3.49. The number of rotatable bonds is 3. The topological polar surface area (TPSA) is 21.3 Å². The Labute approximate surface area is 146 Å². The van der Waals surface area contributed by atoms with E-state index in [9.17, 15) is 0 Å². The highest BCUT2D eigenvalue weighted by atomic mass is 16.5. The molecule has 0 aliphatic carbocycles. The standard InChI is InChI=1S/C22H29NO/c1-20(2,3)24-19-13-11-18(12-14-19)22(15-21(4,5)23-16-22)17-9-7-6-8-10-17/h6-14,23H,15-16H2,1-5H3. The Morgan fingerprint density at radius 3 is 1.96 bits per heavy atom. The van der Waals surface area contributed by atoms with Crippen molar-refractivity contribution in [3.8, 4) is 5.75 Å². The molecule has 0 aromatic heterocycles. The van der Waals surface area contributed by atoms with Gasteiger partial charge in [0.1, 0.15) is 11.4 Å². The van der Waals surface area contributed by atoms with Gasteiger partial charge in [-0.2, -0.15) is 0 Å². The molecule has 2 nitrogen and oxygen atoms in total. The summed E-state index contributed by atoms with van der Waals surface area (Å²) < 4.78 is 5.98. The lowest BCUT2D eigenvalue weighted by molar-refractivity contribution is 0.131. The smallest absolute Gasteiger partial charge is 0.120 e. The van der Waals surface area contributed by atoms with Crippen LogP contribution in [-0.2, 0) is 5.41 Å². The van der Waals surface area contributed by atoms with Crippen molar-refractivity contribution >= 4 is 0 Å². The van der Waals surface area contributed by atoms with Crippen LogP contribution in [0.1, 0.15) is 52.2 Å². The maximum absolute atomic E-state index is 5.98. The quantitative estimate of drug-likeness (QED) is 0.865. The Kier molecular flexibility index (Phi) is 4.21. The lowest BCUT2D eigenvalue weighted by atomic mass is 9.71. The van der Waals surface area contributed by atoms with Gasteiger partial charge in [-0.3, -0.25) is 0 Å². The summed E-state index contributed by atoms with van der Waals surface area (Å²) in [7, 11) is 0. The van der Waals surface area contributed by atoms with Gasteiger partial charge in [0, 0.05) is 17.5 Å². The molecule has 2 aromatic carbocycles. The Bertz CT molecular complexity index is 682. The van der Waals surface area contributed by atoms with Gasteiger partial charge in [-0.05, 0) is 64.3 Å². The van der Waals surface area contributed by atoms with Crippen LogP contribution in [0, 0.1) is 0 Å². The average molecular weight is 323 g/mol. The second-order valence-electron chi connectivity index (χ2n) is 8.60. The highest BCUT2D eigenvalue weighted by Gasteiger charge is 2.45. The molecule has 2 heteroatoms. The number of hydrogen-bond donors (Lipinski definition) is 1. The molecule has 1 unspecified atom stereocenters. The van der Waals surface area contributed by atoms with Crippen molar-refractivity contribution in [1.29, 1.82) is 0 Å². The maximum Gasteiger partial charge on any atom is 0.120 e. The molecule has 0 amide bonds. The fourth-order valence-electron chi connectivity index (χ4n) is 3.80. The van der Waals surface area contributed by atoms with Crippen molar-refractivity contribution in [2.24, 2.45) is 0 Å². The molecule has 1 aliphatic rings. The number of benzene rings is 2. The van der Waals surface area contributed by atoms with Gasteiger partial charge in [-0.15, -0.1) is 0 Å². The SMILES string of the molecule is CC1(C)CC(c2ccccc2)(c2ccc(OC(C)(C)C)cc2)CN1. The summed E-state index contributed by atoms with van der Waals surface area (Å²) in [5, 5.41) is 3.71. The van der Waals surface area contributed by atoms with E-state index in [-0.39, 0.29) is 16.6 Å². The van der Waals surface area contributed by atoms with E-state index >= 15 is 0 Å².